The predicted octanol–water partition coefficient (Wildman–Crippen LogP) is 3.84. The zero-order valence-corrected chi connectivity index (χ0v) is 10.8. The smallest absolute Gasteiger partial charge is 0.342 e. The highest BCUT2D eigenvalue weighted by Gasteiger charge is 2.08. The number of hydrogen-bond donors (Lipinski definition) is 0. The van der Waals surface area contributed by atoms with Crippen LogP contribution in [0.25, 0.3) is 0 Å². The molecule has 17 heavy (non-hydrogen) atoms. The van der Waals surface area contributed by atoms with Gasteiger partial charge in [0.2, 0.25) is 0 Å². The average Bonchev–Trinajstić information content (AvgIpc) is 2.36. The number of ether oxygens (including phenoxy) is 1. The van der Waals surface area contributed by atoms with Gasteiger partial charge in [-0.2, -0.15) is 0 Å². The van der Waals surface area contributed by atoms with Crippen molar-refractivity contribution in [2.24, 2.45) is 0 Å². The minimum Gasteiger partial charge on any atom is -0.423 e. The summed E-state index contributed by atoms with van der Waals surface area (Å²) in [6, 6.07) is 7.24. The Hall–Kier alpha value is -1.03. The standard InChI is InChI=1S/C13H17FO2S/c1-2-3-6-9-17-12-8-5-4-7-11(12)16-13(15)10-14/h4-5,7-8H,2-3,6,9-10H2,1H3. The van der Waals surface area contributed by atoms with Gasteiger partial charge in [-0.1, -0.05) is 31.9 Å². The van der Waals surface area contributed by atoms with Gasteiger partial charge in [0.05, 0.1) is 4.90 Å². The van der Waals surface area contributed by atoms with Gasteiger partial charge in [0, 0.05) is 0 Å². The minimum atomic E-state index is -1.09. The molecule has 0 aliphatic carbocycles. The molecule has 0 fully saturated rings. The number of alkyl halides is 1. The Labute approximate surface area is 106 Å². The molecule has 94 valence electrons. The van der Waals surface area contributed by atoms with Crippen molar-refractivity contribution in [1.29, 1.82) is 0 Å². The van der Waals surface area contributed by atoms with E-state index in [1.807, 2.05) is 12.1 Å². The van der Waals surface area contributed by atoms with Crippen molar-refractivity contribution in [2.75, 3.05) is 12.4 Å². The fourth-order valence-corrected chi connectivity index (χ4v) is 2.33. The van der Waals surface area contributed by atoms with E-state index in [0.29, 0.717) is 5.75 Å². The van der Waals surface area contributed by atoms with Crippen LogP contribution in [0.5, 0.6) is 5.75 Å². The van der Waals surface area contributed by atoms with Crippen LogP contribution < -0.4 is 4.74 Å². The number of unbranched alkanes of at least 4 members (excludes halogenated alkanes) is 2. The van der Waals surface area contributed by atoms with Gasteiger partial charge in [0.25, 0.3) is 0 Å². The van der Waals surface area contributed by atoms with Crippen LogP contribution in [0.4, 0.5) is 4.39 Å². The van der Waals surface area contributed by atoms with Crippen LogP contribution in [0.15, 0.2) is 29.2 Å². The molecule has 0 radical (unpaired) electrons. The quantitative estimate of drug-likeness (QED) is 0.321. The van der Waals surface area contributed by atoms with Crippen molar-refractivity contribution >= 4 is 17.7 Å². The number of benzene rings is 1. The number of hydrogen-bond acceptors (Lipinski definition) is 3. The van der Waals surface area contributed by atoms with Gasteiger partial charge in [0.1, 0.15) is 5.75 Å². The highest BCUT2D eigenvalue weighted by atomic mass is 32.2. The van der Waals surface area contributed by atoms with Crippen LogP contribution in [-0.4, -0.2) is 18.4 Å². The second kappa shape index (κ2) is 8.12. The molecule has 0 aromatic heterocycles. The van der Waals surface area contributed by atoms with Crippen LogP contribution in [0, 0.1) is 0 Å². The lowest BCUT2D eigenvalue weighted by atomic mass is 10.3. The number of carbonyl (C=O) groups is 1. The Morgan fingerprint density at radius 2 is 2.12 bits per heavy atom. The Kier molecular flexibility index (Phi) is 6.70. The molecular formula is C13H17FO2S. The molecule has 0 amide bonds. The molecule has 0 saturated carbocycles. The fraction of sp³-hybridized carbons (Fsp3) is 0.462. The Morgan fingerprint density at radius 1 is 1.35 bits per heavy atom. The number of carbonyl (C=O) groups excluding carboxylic acids is 1. The normalized spacial score (nSPS) is 10.2. The lowest BCUT2D eigenvalue weighted by Gasteiger charge is -2.08. The molecular weight excluding hydrogens is 239 g/mol. The highest BCUT2D eigenvalue weighted by Crippen LogP contribution is 2.29. The molecule has 0 N–H and O–H groups in total. The summed E-state index contributed by atoms with van der Waals surface area (Å²) in [5.41, 5.74) is 0. The van der Waals surface area contributed by atoms with Gasteiger partial charge in [0.15, 0.2) is 6.67 Å². The summed E-state index contributed by atoms with van der Waals surface area (Å²) < 4.78 is 17.0. The maximum atomic E-state index is 12.1. The van der Waals surface area contributed by atoms with Crippen LogP contribution in [0.2, 0.25) is 0 Å². The molecule has 1 aromatic rings. The lowest BCUT2D eigenvalue weighted by molar-refractivity contribution is -0.135. The van der Waals surface area contributed by atoms with Crippen molar-refractivity contribution in [3.63, 3.8) is 0 Å². The molecule has 0 bridgehead atoms. The van der Waals surface area contributed by atoms with Gasteiger partial charge in [-0.15, -0.1) is 11.8 Å². The van der Waals surface area contributed by atoms with Gasteiger partial charge in [-0.3, -0.25) is 0 Å². The first-order valence-corrected chi connectivity index (χ1v) is 6.75. The summed E-state index contributed by atoms with van der Waals surface area (Å²) in [6.07, 6.45) is 3.50. The van der Waals surface area contributed by atoms with Crippen molar-refractivity contribution in [3.8, 4) is 5.75 Å². The van der Waals surface area contributed by atoms with Gasteiger partial charge in [-0.25, -0.2) is 9.18 Å². The molecule has 4 heteroatoms. The molecule has 0 atom stereocenters. The van der Waals surface area contributed by atoms with E-state index in [-0.39, 0.29) is 0 Å². The monoisotopic (exact) mass is 256 g/mol. The Balaban J connectivity index is 2.54. The molecule has 0 aliphatic heterocycles. The van der Waals surface area contributed by atoms with Crippen molar-refractivity contribution in [3.05, 3.63) is 24.3 Å². The van der Waals surface area contributed by atoms with Crippen molar-refractivity contribution in [2.45, 2.75) is 31.1 Å². The Bertz CT molecular complexity index is 355. The number of esters is 1. The molecule has 2 nitrogen and oxygen atoms in total. The Morgan fingerprint density at radius 3 is 2.82 bits per heavy atom. The summed E-state index contributed by atoms with van der Waals surface area (Å²) in [5.74, 6) is 0.598. The van der Waals surface area contributed by atoms with Gasteiger partial charge < -0.3 is 4.74 Å². The van der Waals surface area contributed by atoms with E-state index in [4.69, 9.17) is 4.74 Å². The second-order valence-corrected chi connectivity index (χ2v) is 4.75. The molecule has 0 heterocycles. The highest BCUT2D eigenvalue weighted by molar-refractivity contribution is 7.99. The van der Waals surface area contributed by atoms with Gasteiger partial charge >= 0.3 is 5.97 Å². The minimum absolute atomic E-state index is 0.455. The lowest BCUT2D eigenvalue weighted by Crippen LogP contribution is -2.10. The molecule has 0 saturated heterocycles. The largest absolute Gasteiger partial charge is 0.423 e. The van der Waals surface area contributed by atoms with E-state index in [2.05, 4.69) is 6.92 Å². The molecule has 1 rings (SSSR count). The number of rotatable bonds is 7. The van der Waals surface area contributed by atoms with E-state index < -0.39 is 12.6 Å². The second-order valence-electron chi connectivity index (χ2n) is 3.61. The number of thioether (sulfide) groups is 1. The van der Waals surface area contributed by atoms with Crippen LogP contribution in [0.1, 0.15) is 26.2 Å². The summed E-state index contributed by atoms with van der Waals surface area (Å²) in [5, 5.41) is 0. The first kappa shape index (κ1) is 14.0. The van der Waals surface area contributed by atoms with E-state index in [9.17, 15) is 9.18 Å². The van der Waals surface area contributed by atoms with Crippen LogP contribution in [0.3, 0.4) is 0 Å². The molecule has 0 aliphatic rings. The first-order chi connectivity index (χ1) is 8.27. The zero-order chi connectivity index (χ0) is 12.5. The first-order valence-electron chi connectivity index (χ1n) is 5.76. The maximum Gasteiger partial charge on any atom is 0.342 e. The summed E-state index contributed by atoms with van der Waals surface area (Å²) in [4.78, 5) is 11.8. The van der Waals surface area contributed by atoms with E-state index in [1.54, 1.807) is 23.9 Å². The molecule has 0 spiro atoms. The average molecular weight is 256 g/mol. The SMILES string of the molecule is CCCCCSc1ccccc1OC(=O)CF. The summed E-state index contributed by atoms with van der Waals surface area (Å²) in [6.45, 7) is 1.07. The topological polar surface area (TPSA) is 26.3 Å². The van der Waals surface area contributed by atoms with E-state index in [0.717, 1.165) is 17.1 Å². The predicted molar refractivity (Wildman–Crippen MR) is 68.3 cm³/mol. The van der Waals surface area contributed by atoms with E-state index >= 15 is 0 Å². The maximum absolute atomic E-state index is 12.1. The molecule has 1 aromatic carbocycles. The third-order valence-electron chi connectivity index (χ3n) is 2.19. The van der Waals surface area contributed by atoms with E-state index in [1.165, 1.54) is 12.8 Å². The zero-order valence-electron chi connectivity index (χ0n) is 9.95. The van der Waals surface area contributed by atoms with Crippen molar-refractivity contribution in [1.82, 2.24) is 0 Å². The third kappa shape index (κ3) is 5.22. The van der Waals surface area contributed by atoms with Crippen LogP contribution in [-0.2, 0) is 4.79 Å². The molecule has 0 unspecified atom stereocenters. The third-order valence-corrected chi connectivity index (χ3v) is 3.33. The fourth-order valence-electron chi connectivity index (χ4n) is 1.34. The number of para-hydroxylation sites is 1. The summed E-state index contributed by atoms with van der Waals surface area (Å²) in [7, 11) is 0. The van der Waals surface area contributed by atoms with Crippen LogP contribution >= 0.6 is 11.8 Å². The number of halogens is 1. The van der Waals surface area contributed by atoms with Crippen molar-refractivity contribution < 1.29 is 13.9 Å². The van der Waals surface area contributed by atoms with Gasteiger partial charge in [-0.05, 0) is 24.3 Å². The summed E-state index contributed by atoms with van der Waals surface area (Å²) >= 11 is 1.64.